The number of halogens is 2. The number of amides is 2. The Labute approximate surface area is 258 Å². The Balaban J connectivity index is 2.16. The molecule has 1 N–H and O–H groups in total. The summed E-state index contributed by atoms with van der Waals surface area (Å²) >= 11 is 12.6. The predicted molar refractivity (Wildman–Crippen MR) is 168 cm³/mol. The van der Waals surface area contributed by atoms with Crippen molar-refractivity contribution in [3.63, 3.8) is 0 Å². The van der Waals surface area contributed by atoms with Crippen molar-refractivity contribution in [1.82, 2.24) is 10.2 Å². The fourth-order valence-corrected chi connectivity index (χ4v) is 6.36. The number of carbonyl (C=O) groups excluding carboxylic acids is 2. The first kappa shape index (κ1) is 33.2. The van der Waals surface area contributed by atoms with Gasteiger partial charge < -0.3 is 15.0 Å². The minimum atomic E-state index is -4.25. The maximum Gasteiger partial charge on any atom is 0.264 e. The first-order chi connectivity index (χ1) is 19.8. The smallest absolute Gasteiger partial charge is 0.264 e. The number of anilines is 1. The molecule has 0 aliphatic heterocycles. The number of benzene rings is 3. The summed E-state index contributed by atoms with van der Waals surface area (Å²) < 4.78 is 34.8. The molecule has 2 amide bonds. The van der Waals surface area contributed by atoms with Crippen LogP contribution in [0.5, 0.6) is 5.75 Å². The second-order valence-electron chi connectivity index (χ2n) is 10.3. The van der Waals surface area contributed by atoms with Crippen molar-refractivity contribution in [2.75, 3.05) is 18.0 Å². The molecule has 11 heteroatoms. The van der Waals surface area contributed by atoms with E-state index in [1.165, 1.54) is 24.1 Å². The van der Waals surface area contributed by atoms with Crippen molar-refractivity contribution >= 4 is 50.7 Å². The molecule has 0 aliphatic rings. The van der Waals surface area contributed by atoms with E-state index in [0.29, 0.717) is 15.6 Å². The second-order valence-corrected chi connectivity index (χ2v) is 13.1. The minimum Gasteiger partial charge on any atom is -0.495 e. The third kappa shape index (κ3) is 7.96. The van der Waals surface area contributed by atoms with E-state index in [1.54, 1.807) is 55.5 Å². The van der Waals surface area contributed by atoms with Gasteiger partial charge in [0.2, 0.25) is 11.8 Å². The average molecular weight is 635 g/mol. The SMILES string of the molecule is CC[C@@H](C(=O)NC(C)C)N(Cc1ccc(Cl)cc1Cl)C(=O)CN(c1cc(C)ccc1OC)S(=O)(=O)c1ccc(C)cc1. The largest absolute Gasteiger partial charge is 0.495 e. The second kappa shape index (κ2) is 14.3. The summed E-state index contributed by atoms with van der Waals surface area (Å²) in [6.45, 7) is 8.49. The van der Waals surface area contributed by atoms with Gasteiger partial charge in [-0.15, -0.1) is 0 Å². The van der Waals surface area contributed by atoms with Crippen LogP contribution in [0.15, 0.2) is 65.6 Å². The first-order valence-corrected chi connectivity index (χ1v) is 15.8. The number of hydrogen-bond donors (Lipinski definition) is 1. The lowest BCUT2D eigenvalue weighted by Crippen LogP contribution is -2.53. The van der Waals surface area contributed by atoms with Crippen LogP contribution in [0.4, 0.5) is 5.69 Å². The Morgan fingerprint density at radius 2 is 1.60 bits per heavy atom. The van der Waals surface area contributed by atoms with Crippen molar-refractivity contribution in [2.45, 2.75) is 64.6 Å². The molecule has 3 aromatic carbocycles. The molecule has 0 aromatic heterocycles. The number of nitrogens with one attached hydrogen (secondary N) is 1. The number of methoxy groups -OCH3 is 1. The maximum absolute atomic E-state index is 14.2. The summed E-state index contributed by atoms with van der Waals surface area (Å²) in [6, 6.07) is 15.3. The molecule has 8 nitrogen and oxygen atoms in total. The summed E-state index contributed by atoms with van der Waals surface area (Å²) in [5.41, 5.74) is 2.43. The summed E-state index contributed by atoms with van der Waals surface area (Å²) in [4.78, 5) is 28.9. The van der Waals surface area contributed by atoms with Crippen molar-refractivity contribution in [2.24, 2.45) is 0 Å². The number of rotatable bonds is 12. The van der Waals surface area contributed by atoms with Gasteiger partial charge in [0, 0.05) is 22.6 Å². The number of nitrogens with zero attached hydrogens (tertiary/aromatic N) is 2. The molecule has 1 atom stereocenters. The quantitative estimate of drug-likeness (QED) is 0.258. The molecule has 3 aromatic rings. The highest BCUT2D eigenvalue weighted by Crippen LogP contribution is 2.34. The van der Waals surface area contributed by atoms with Crippen LogP contribution in [0.25, 0.3) is 0 Å². The summed E-state index contributed by atoms with van der Waals surface area (Å²) in [6.07, 6.45) is 0.286. The molecule has 42 heavy (non-hydrogen) atoms. The van der Waals surface area contributed by atoms with Gasteiger partial charge in [0.05, 0.1) is 17.7 Å². The van der Waals surface area contributed by atoms with Gasteiger partial charge in [0.15, 0.2) is 0 Å². The van der Waals surface area contributed by atoms with Gasteiger partial charge in [-0.3, -0.25) is 13.9 Å². The lowest BCUT2D eigenvalue weighted by molar-refractivity contribution is -0.140. The molecule has 0 unspecified atom stereocenters. The van der Waals surface area contributed by atoms with E-state index in [0.717, 1.165) is 15.4 Å². The fraction of sp³-hybridized carbons (Fsp3) is 0.355. The standard InChI is InChI=1S/C31H37Cl2N3O5S/c1-7-27(31(38)34-20(2)3)35(18-23-11-12-24(32)17-26(23)33)30(37)19-36(28-16-22(5)10-15-29(28)41-6)42(39,40)25-13-8-21(4)9-14-25/h8-17,20,27H,7,18-19H2,1-6H3,(H,34,38)/t27-/m0/s1. The van der Waals surface area contributed by atoms with E-state index in [2.05, 4.69) is 5.32 Å². The Bertz CT molecular complexity index is 1530. The topological polar surface area (TPSA) is 96.0 Å². The maximum atomic E-state index is 14.2. The van der Waals surface area contributed by atoms with Crippen LogP contribution in [0.2, 0.25) is 10.0 Å². The number of carbonyl (C=O) groups is 2. The number of ether oxygens (including phenoxy) is 1. The predicted octanol–water partition coefficient (Wildman–Crippen LogP) is 6.15. The Morgan fingerprint density at radius 3 is 2.17 bits per heavy atom. The van der Waals surface area contributed by atoms with Crippen LogP contribution in [0.3, 0.4) is 0 Å². The van der Waals surface area contributed by atoms with E-state index in [-0.39, 0.29) is 41.2 Å². The highest BCUT2D eigenvalue weighted by molar-refractivity contribution is 7.92. The van der Waals surface area contributed by atoms with Crippen LogP contribution in [0.1, 0.15) is 43.9 Å². The van der Waals surface area contributed by atoms with Crippen LogP contribution in [-0.4, -0.2) is 50.9 Å². The van der Waals surface area contributed by atoms with Gasteiger partial charge in [-0.05, 0) is 81.6 Å². The summed E-state index contributed by atoms with van der Waals surface area (Å²) in [5.74, 6) is -0.668. The van der Waals surface area contributed by atoms with Crippen LogP contribution in [0, 0.1) is 13.8 Å². The molecule has 0 radical (unpaired) electrons. The highest BCUT2D eigenvalue weighted by Gasteiger charge is 2.35. The third-order valence-electron chi connectivity index (χ3n) is 6.66. The Hall–Kier alpha value is -3.27. The fourth-order valence-electron chi connectivity index (χ4n) is 4.48. The molecule has 0 saturated carbocycles. The van der Waals surface area contributed by atoms with Crippen LogP contribution >= 0.6 is 23.2 Å². The Morgan fingerprint density at radius 1 is 0.952 bits per heavy atom. The number of aryl methyl sites for hydroxylation is 2. The number of hydrogen-bond acceptors (Lipinski definition) is 5. The van der Waals surface area contributed by atoms with Crippen LogP contribution in [-0.2, 0) is 26.2 Å². The zero-order valence-corrected chi connectivity index (χ0v) is 27.0. The van der Waals surface area contributed by atoms with E-state index in [1.807, 2.05) is 27.7 Å². The van der Waals surface area contributed by atoms with Gasteiger partial charge in [0.1, 0.15) is 18.3 Å². The summed E-state index contributed by atoms with van der Waals surface area (Å²) in [7, 11) is -2.81. The third-order valence-corrected chi connectivity index (χ3v) is 9.02. The molecule has 3 rings (SSSR count). The van der Waals surface area contributed by atoms with Gasteiger partial charge in [0.25, 0.3) is 10.0 Å². The minimum absolute atomic E-state index is 0.0151. The Kier molecular flexibility index (Phi) is 11.3. The van der Waals surface area contributed by atoms with Gasteiger partial charge in [-0.1, -0.05) is 60.0 Å². The molecule has 0 fully saturated rings. The molecule has 0 heterocycles. The van der Waals surface area contributed by atoms with Crippen molar-refractivity contribution in [3.05, 3.63) is 87.4 Å². The molecular formula is C31H37Cl2N3O5S. The average Bonchev–Trinajstić information content (AvgIpc) is 2.92. The molecule has 226 valence electrons. The summed E-state index contributed by atoms with van der Waals surface area (Å²) in [5, 5.41) is 3.62. The van der Waals surface area contributed by atoms with Crippen LogP contribution < -0.4 is 14.4 Å². The van der Waals surface area contributed by atoms with Crippen molar-refractivity contribution < 1.29 is 22.7 Å². The van der Waals surface area contributed by atoms with E-state index in [4.69, 9.17) is 27.9 Å². The highest BCUT2D eigenvalue weighted by atomic mass is 35.5. The van der Waals surface area contributed by atoms with E-state index in [9.17, 15) is 18.0 Å². The molecule has 0 bridgehead atoms. The van der Waals surface area contributed by atoms with Gasteiger partial charge >= 0.3 is 0 Å². The normalized spacial score (nSPS) is 12.1. The number of sulfonamides is 1. The zero-order valence-electron chi connectivity index (χ0n) is 24.6. The van der Waals surface area contributed by atoms with E-state index < -0.39 is 28.5 Å². The van der Waals surface area contributed by atoms with Gasteiger partial charge in [-0.25, -0.2) is 8.42 Å². The lowest BCUT2D eigenvalue weighted by Gasteiger charge is -2.34. The zero-order chi connectivity index (χ0) is 31.2. The van der Waals surface area contributed by atoms with Crippen molar-refractivity contribution in [1.29, 1.82) is 0 Å². The van der Waals surface area contributed by atoms with E-state index >= 15 is 0 Å². The molecule has 0 saturated heterocycles. The lowest BCUT2D eigenvalue weighted by atomic mass is 10.1. The molecular weight excluding hydrogens is 597 g/mol. The van der Waals surface area contributed by atoms with Gasteiger partial charge in [-0.2, -0.15) is 0 Å². The molecule has 0 spiro atoms. The first-order valence-electron chi connectivity index (χ1n) is 13.6. The monoisotopic (exact) mass is 633 g/mol. The van der Waals surface area contributed by atoms with Crippen molar-refractivity contribution in [3.8, 4) is 5.75 Å². The molecule has 0 aliphatic carbocycles.